The predicted octanol–water partition coefficient (Wildman–Crippen LogP) is 1.84. The lowest BCUT2D eigenvalue weighted by molar-refractivity contribution is -0.136. The molecule has 1 rings (SSSR count). The van der Waals surface area contributed by atoms with Crippen LogP contribution in [-0.2, 0) is 9.59 Å². The van der Waals surface area contributed by atoms with Gasteiger partial charge < -0.3 is 15.2 Å². The molecule has 0 bridgehead atoms. The number of hydrogen-bond acceptors (Lipinski definition) is 4. The number of carboxylic acid groups (broad SMARTS) is 1. The van der Waals surface area contributed by atoms with E-state index in [4.69, 9.17) is 9.84 Å². The van der Waals surface area contributed by atoms with E-state index in [1.165, 1.54) is 11.8 Å². The molecule has 0 unspecified atom stereocenters. The first-order chi connectivity index (χ1) is 8.61. The summed E-state index contributed by atoms with van der Waals surface area (Å²) in [6.07, 6.45) is 0.0666. The second-order valence-electron chi connectivity index (χ2n) is 3.48. The van der Waals surface area contributed by atoms with Crippen LogP contribution >= 0.6 is 11.8 Å². The molecular weight excluding hydrogens is 254 g/mol. The van der Waals surface area contributed by atoms with Crippen LogP contribution < -0.4 is 10.1 Å². The van der Waals surface area contributed by atoms with E-state index in [2.05, 4.69) is 5.32 Å². The van der Waals surface area contributed by atoms with Crippen LogP contribution in [0.1, 0.15) is 6.42 Å². The lowest BCUT2D eigenvalue weighted by Gasteiger charge is -2.06. The van der Waals surface area contributed by atoms with Crippen molar-refractivity contribution in [2.24, 2.45) is 0 Å². The van der Waals surface area contributed by atoms with Crippen LogP contribution in [0.15, 0.2) is 24.3 Å². The summed E-state index contributed by atoms with van der Waals surface area (Å²) < 4.78 is 5.04. The van der Waals surface area contributed by atoms with E-state index in [0.717, 1.165) is 0 Å². The lowest BCUT2D eigenvalue weighted by Crippen LogP contribution is -2.14. The third-order valence-corrected chi connectivity index (χ3v) is 3.01. The maximum absolute atomic E-state index is 11.5. The molecule has 1 aromatic carbocycles. The fourth-order valence-corrected chi connectivity index (χ4v) is 1.94. The van der Waals surface area contributed by atoms with Crippen LogP contribution in [0, 0.1) is 0 Å². The van der Waals surface area contributed by atoms with Gasteiger partial charge >= 0.3 is 5.97 Å². The van der Waals surface area contributed by atoms with E-state index in [0.29, 0.717) is 17.2 Å². The molecule has 0 saturated carbocycles. The highest BCUT2D eigenvalue weighted by molar-refractivity contribution is 7.99. The predicted molar refractivity (Wildman–Crippen MR) is 71.2 cm³/mol. The molecule has 0 fully saturated rings. The Hall–Kier alpha value is -1.69. The Morgan fingerprint density at radius 2 is 2.22 bits per heavy atom. The highest BCUT2D eigenvalue weighted by Crippen LogP contribution is 2.16. The number of aliphatic carboxylic acids is 1. The zero-order valence-corrected chi connectivity index (χ0v) is 10.8. The molecule has 0 aliphatic heterocycles. The van der Waals surface area contributed by atoms with Gasteiger partial charge in [-0.1, -0.05) is 6.07 Å². The standard InChI is InChI=1S/C12H15NO4S/c1-17-10-4-2-3-9(7-10)13-11(14)8-18-6-5-12(15)16/h2-4,7H,5-6,8H2,1H3,(H,13,14)(H,15,16). The third-order valence-electron chi connectivity index (χ3n) is 2.05. The average molecular weight is 269 g/mol. The zero-order chi connectivity index (χ0) is 13.4. The minimum Gasteiger partial charge on any atom is -0.497 e. The molecule has 6 heteroatoms. The number of methoxy groups -OCH3 is 1. The monoisotopic (exact) mass is 269 g/mol. The number of anilines is 1. The molecule has 5 nitrogen and oxygen atoms in total. The summed E-state index contributed by atoms with van der Waals surface area (Å²) in [7, 11) is 1.56. The molecular formula is C12H15NO4S. The van der Waals surface area contributed by atoms with E-state index in [1.54, 1.807) is 31.4 Å². The summed E-state index contributed by atoms with van der Waals surface area (Å²) in [5.74, 6) is 0.339. The molecule has 0 aromatic heterocycles. The molecule has 0 aliphatic carbocycles. The number of rotatable bonds is 7. The van der Waals surface area contributed by atoms with Crippen molar-refractivity contribution >= 4 is 29.3 Å². The summed E-state index contributed by atoms with van der Waals surface area (Å²) in [5, 5.41) is 11.2. The molecule has 1 amide bonds. The van der Waals surface area contributed by atoms with Crippen LogP contribution in [-0.4, -0.2) is 35.6 Å². The van der Waals surface area contributed by atoms with Crippen molar-refractivity contribution in [3.05, 3.63) is 24.3 Å². The van der Waals surface area contributed by atoms with Crippen molar-refractivity contribution in [3.63, 3.8) is 0 Å². The normalized spacial score (nSPS) is 9.83. The fourth-order valence-electron chi connectivity index (χ4n) is 1.22. The van der Waals surface area contributed by atoms with Crippen molar-refractivity contribution in [2.45, 2.75) is 6.42 Å². The van der Waals surface area contributed by atoms with E-state index in [9.17, 15) is 9.59 Å². The van der Waals surface area contributed by atoms with Crippen molar-refractivity contribution in [2.75, 3.05) is 23.9 Å². The summed E-state index contributed by atoms with van der Waals surface area (Å²) in [6.45, 7) is 0. The molecule has 0 spiro atoms. The second kappa shape index (κ2) is 7.60. The van der Waals surface area contributed by atoms with Gasteiger partial charge in [-0.25, -0.2) is 0 Å². The molecule has 0 saturated heterocycles. The highest BCUT2D eigenvalue weighted by Gasteiger charge is 2.04. The SMILES string of the molecule is COc1cccc(NC(=O)CSCCC(=O)O)c1. The maximum atomic E-state index is 11.5. The van der Waals surface area contributed by atoms with Crippen LogP contribution in [0.25, 0.3) is 0 Å². The van der Waals surface area contributed by atoms with Crippen LogP contribution in [0.4, 0.5) is 5.69 Å². The molecule has 0 radical (unpaired) electrons. The highest BCUT2D eigenvalue weighted by atomic mass is 32.2. The Labute approximate surface area is 110 Å². The van der Waals surface area contributed by atoms with Gasteiger partial charge in [0.15, 0.2) is 0 Å². The number of ether oxygens (including phenoxy) is 1. The first-order valence-corrected chi connectivity index (χ1v) is 6.50. The summed E-state index contributed by atoms with van der Waals surface area (Å²) in [6, 6.07) is 7.06. The number of hydrogen-bond donors (Lipinski definition) is 2. The van der Waals surface area contributed by atoms with E-state index in [-0.39, 0.29) is 18.1 Å². The number of thioether (sulfide) groups is 1. The van der Waals surface area contributed by atoms with Gasteiger partial charge in [-0.3, -0.25) is 9.59 Å². The van der Waals surface area contributed by atoms with Gasteiger partial charge in [-0.05, 0) is 12.1 Å². The quantitative estimate of drug-likeness (QED) is 0.739. The van der Waals surface area contributed by atoms with Crippen LogP contribution in [0.2, 0.25) is 0 Å². The van der Waals surface area contributed by atoms with Crippen molar-refractivity contribution < 1.29 is 19.4 Å². The van der Waals surface area contributed by atoms with Crippen LogP contribution in [0.3, 0.4) is 0 Å². The van der Waals surface area contributed by atoms with Gasteiger partial charge in [-0.15, -0.1) is 0 Å². The Morgan fingerprint density at radius 1 is 1.44 bits per heavy atom. The Balaban J connectivity index is 2.33. The van der Waals surface area contributed by atoms with Gasteiger partial charge in [0, 0.05) is 17.5 Å². The number of benzene rings is 1. The van der Waals surface area contributed by atoms with Crippen molar-refractivity contribution in [1.82, 2.24) is 0 Å². The minimum atomic E-state index is -0.851. The average Bonchev–Trinajstić information content (AvgIpc) is 2.34. The Bertz CT molecular complexity index is 422. The van der Waals surface area contributed by atoms with E-state index < -0.39 is 5.97 Å². The Kier molecular flexibility index (Phi) is 6.07. The number of carbonyl (C=O) groups is 2. The molecule has 0 atom stereocenters. The van der Waals surface area contributed by atoms with E-state index in [1.807, 2.05) is 0 Å². The van der Waals surface area contributed by atoms with Crippen molar-refractivity contribution in [1.29, 1.82) is 0 Å². The summed E-state index contributed by atoms with van der Waals surface area (Å²) in [4.78, 5) is 21.8. The number of carboxylic acids is 1. The first-order valence-electron chi connectivity index (χ1n) is 5.35. The van der Waals surface area contributed by atoms with E-state index >= 15 is 0 Å². The Morgan fingerprint density at radius 3 is 2.89 bits per heavy atom. The molecule has 98 valence electrons. The zero-order valence-electron chi connectivity index (χ0n) is 10.0. The molecule has 1 aromatic rings. The molecule has 0 aliphatic rings. The van der Waals surface area contributed by atoms with Gasteiger partial charge in [0.2, 0.25) is 5.91 Å². The van der Waals surface area contributed by atoms with Gasteiger partial charge in [0.1, 0.15) is 5.75 Å². The summed E-state index contributed by atoms with van der Waals surface area (Å²) >= 11 is 1.29. The third kappa shape index (κ3) is 5.58. The second-order valence-corrected chi connectivity index (χ2v) is 4.58. The fraction of sp³-hybridized carbons (Fsp3) is 0.333. The van der Waals surface area contributed by atoms with Gasteiger partial charge in [0.05, 0.1) is 19.3 Å². The molecule has 2 N–H and O–H groups in total. The number of carbonyl (C=O) groups excluding carboxylic acids is 1. The topological polar surface area (TPSA) is 75.6 Å². The van der Waals surface area contributed by atoms with Gasteiger partial charge in [0.25, 0.3) is 0 Å². The lowest BCUT2D eigenvalue weighted by atomic mass is 10.3. The van der Waals surface area contributed by atoms with Crippen LogP contribution in [0.5, 0.6) is 5.75 Å². The van der Waals surface area contributed by atoms with Crippen molar-refractivity contribution in [3.8, 4) is 5.75 Å². The summed E-state index contributed by atoms with van der Waals surface area (Å²) in [5.41, 5.74) is 0.665. The maximum Gasteiger partial charge on any atom is 0.304 e. The smallest absolute Gasteiger partial charge is 0.304 e. The first kappa shape index (κ1) is 14.4. The molecule has 0 heterocycles. The number of nitrogens with one attached hydrogen (secondary N) is 1. The molecule has 18 heavy (non-hydrogen) atoms. The largest absolute Gasteiger partial charge is 0.497 e. The minimum absolute atomic E-state index is 0.0666. The van der Waals surface area contributed by atoms with Gasteiger partial charge in [-0.2, -0.15) is 11.8 Å². The number of amides is 1.